The summed E-state index contributed by atoms with van der Waals surface area (Å²) in [5.74, 6) is 1.39. The molecule has 0 heterocycles. The summed E-state index contributed by atoms with van der Waals surface area (Å²) in [6.45, 7) is 6.26. The van der Waals surface area contributed by atoms with E-state index in [1.165, 1.54) is 6.42 Å². The summed E-state index contributed by atoms with van der Waals surface area (Å²) in [5, 5.41) is 0. The third-order valence-corrected chi connectivity index (χ3v) is 4.15. The van der Waals surface area contributed by atoms with Crippen molar-refractivity contribution in [3.63, 3.8) is 0 Å². The molecule has 1 rings (SSSR count). The summed E-state index contributed by atoms with van der Waals surface area (Å²) >= 11 is 0. The monoisotopic (exact) mass is 271 g/mol. The Morgan fingerprint density at radius 3 is 2.37 bits per heavy atom. The Hall–Kier alpha value is -0.450. The highest BCUT2D eigenvalue weighted by molar-refractivity contribution is 5.81. The molecule has 0 saturated heterocycles. The first-order valence-electron chi connectivity index (χ1n) is 7.44. The molecular weight excluding hydrogens is 242 g/mol. The van der Waals surface area contributed by atoms with E-state index in [-0.39, 0.29) is 5.92 Å². The molecule has 0 aromatic heterocycles. The maximum absolute atomic E-state index is 12.0. The molecule has 1 aliphatic carbocycles. The normalized spacial score (nSPS) is 24.1. The van der Waals surface area contributed by atoms with Crippen LogP contribution in [-0.2, 0) is 14.3 Å². The molecule has 1 fully saturated rings. The van der Waals surface area contributed by atoms with Gasteiger partial charge in [0.25, 0.3) is 0 Å². The lowest BCUT2D eigenvalue weighted by molar-refractivity contribution is -0.126. The number of hydrogen-bond acceptors (Lipinski definition) is 4. The fourth-order valence-corrected chi connectivity index (χ4v) is 2.80. The van der Waals surface area contributed by atoms with Crippen molar-refractivity contribution in [1.29, 1.82) is 0 Å². The smallest absolute Gasteiger partial charge is 0.137 e. The number of rotatable bonds is 9. The van der Waals surface area contributed by atoms with Gasteiger partial charge in [-0.2, -0.15) is 0 Å². The van der Waals surface area contributed by atoms with Gasteiger partial charge in [0.2, 0.25) is 0 Å². The number of Topliss-reactive ketones (excluding diaryl/α,β-unsaturated/α-hetero) is 1. The Kier molecular flexibility index (Phi) is 8.26. The molecule has 0 aromatic carbocycles. The molecule has 112 valence electrons. The zero-order valence-electron chi connectivity index (χ0n) is 12.7. The Bertz CT molecular complexity index is 250. The Balaban J connectivity index is 2.47. The van der Waals surface area contributed by atoms with Crippen LogP contribution in [0.15, 0.2) is 0 Å². The SMILES string of the molecule is CCC1CCC(=O)C(CN(CCOC)CCOC)C1. The van der Waals surface area contributed by atoms with Crippen molar-refractivity contribution in [2.75, 3.05) is 47.1 Å². The van der Waals surface area contributed by atoms with E-state index >= 15 is 0 Å². The Morgan fingerprint density at radius 1 is 1.21 bits per heavy atom. The first-order valence-corrected chi connectivity index (χ1v) is 7.44. The summed E-state index contributed by atoms with van der Waals surface area (Å²) in [6.07, 6.45) is 4.11. The Labute approximate surface area is 117 Å². The molecule has 19 heavy (non-hydrogen) atoms. The van der Waals surface area contributed by atoms with Crippen molar-refractivity contribution in [2.24, 2.45) is 11.8 Å². The van der Waals surface area contributed by atoms with Crippen LogP contribution in [0, 0.1) is 11.8 Å². The van der Waals surface area contributed by atoms with Gasteiger partial charge in [-0.05, 0) is 18.8 Å². The van der Waals surface area contributed by atoms with Crippen LogP contribution in [0.25, 0.3) is 0 Å². The van der Waals surface area contributed by atoms with Crippen LogP contribution < -0.4 is 0 Å². The van der Waals surface area contributed by atoms with E-state index in [1.54, 1.807) is 14.2 Å². The van der Waals surface area contributed by atoms with E-state index in [2.05, 4.69) is 11.8 Å². The molecule has 0 radical (unpaired) electrons. The molecule has 1 saturated carbocycles. The summed E-state index contributed by atoms with van der Waals surface area (Å²) in [7, 11) is 3.43. The standard InChI is InChI=1S/C15H29NO3/c1-4-13-5-6-15(17)14(11-13)12-16(7-9-18-2)8-10-19-3/h13-14H,4-12H2,1-3H3. The Morgan fingerprint density at radius 2 is 1.84 bits per heavy atom. The van der Waals surface area contributed by atoms with Crippen molar-refractivity contribution < 1.29 is 14.3 Å². The third-order valence-electron chi connectivity index (χ3n) is 4.15. The maximum Gasteiger partial charge on any atom is 0.137 e. The fourth-order valence-electron chi connectivity index (χ4n) is 2.80. The van der Waals surface area contributed by atoms with E-state index in [1.807, 2.05) is 0 Å². The predicted molar refractivity (Wildman–Crippen MR) is 76.3 cm³/mol. The number of nitrogens with zero attached hydrogens (tertiary/aromatic N) is 1. The van der Waals surface area contributed by atoms with Gasteiger partial charge in [-0.25, -0.2) is 0 Å². The van der Waals surface area contributed by atoms with Crippen LogP contribution in [0.2, 0.25) is 0 Å². The fraction of sp³-hybridized carbons (Fsp3) is 0.933. The summed E-state index contributed by atoms with van der Waals surface area (Å²) in [6, 6.07) is 0. The molecular formula is C15H29NO3. The molecule has 0 spiro atoms. The van der Waals surface area contributed by atoms with Crippen molar-refractivity contribution in [1.82, 2.24) is 4.90 Å². The second-order valence-electron chi connectivity index (χ2n) is 5.50. The van der Waals surface area contributed by atoms with Crippen molar-refractivity contribution in [3.8, 4) is 0 Å². The summed E-state index contributed by atoms with van der Waals surface area (Å²) in [5.41, 5.74) is 0. The van der Waals surface area contributed by atoms with Crippen molar-refractivity contribution in [2.45, 2.75) is 32.6 Å². The van der Waals surface area contributed by atoms with Gasteiger partial charge < -0.3 is 9.47 Å². The van der Waals surface area contributed by atoms with Gasteiger partial charge >= 0.3 is 0 Å². The topological polar surface area (TPSA) is 38.8 Å². The van der Waals surface area contributed by atoms with Gasteiger partial charge in [0, 0.05) is 46.2 Å². The third kappa shape index (κ3) is 6.02. The molecule has 0 amide bonds. The zero-order chi connectivity index (χ0) is 14.1. The van der Waals surface area contributed by atoms with Gasteiger partial charge in [-0.1, -0.05) is 13.3 Å². The van der Waals surface area contributed by atoms with Crippen LogP contribution in [0.3, 0.4) is 0 Å². The van der Waals surface area contributed by atoms with Gasteiger partial charge in [0.1, 0.15) is 5.78 Å². The molecule has 2 unspecified atom stereocenters. The lowest BCUT2D eigenvalue weighted by atomic mass is 9.79. The van der Waals surface area contributed by atoms with Crippen molar-refractivity contribution >= 4 is 5.78 Å². The number of hydrogen-bond donors (Lipinski definition) is 0. The average molecular weight is 271 g/mol. The van der Waals surface area contributed by atoms with E-state index < -0.39 is 0 Å². The van der Waals surface area contributed by atoms with Crippen LogP contribution in [0.1, 0.15) is 32.6 Å². The number of carbonyl (C=O) groups is 1. The first kappa shape index (κ1) is 16.6. The van der Waals surface area contributed by atoms with Gasteiger partial charge in [-0.15, -0.1) is 0 Å². The molecule has 4 nitrogen and oxygen atoms in total. The lowest BCUT2D eigenvalue weighted by Crippen LogP contribution is -2.39. The van der Waals surface area contributed by atoms with Crippen LogP contribution in [-0.4, -0.2) is 57.8 Å². The molecule has 4 heteroatoms. The minimum Gasteiger partial charge on any atom is -0.383 e. The van der Waals surface area contributed by atoms with Gasteiger partial charge in [0.15, 0.2) is 0 Å². The summed E-state index contributed by atoms with van der Waals surface area (Å²) in [4.78, 5) is 14.3. The van der Waals surface area contributed by atoms with Crippen LogP contribution in [0.4, 0.5) is 0 Å². The lowest BCUT2D eigenvalue weighted by Gasteiger charge is -2.32. The van der Waals surface area contributed by atoms with E-state index in [0.717, 1.165) is 44.8 Å². The molecule has 0 N–H and O–H groups in total. The minimum atomic E-state index is 0.215. The predicted octanol–water partition coefficient (Wildman–Crippen LogP) is 1.98. The largest absolute Gasteiger partial charge is 0.383 e. The van der Waals surface area contributed by atoms with Gasteiger partial charge in [-0.3, -0.25) is 9.69 Å². The zero-order valence-corrected chi connectivity index (χ0v) is 12.7. The number of ether oxygens (including phenoxy) is 2. The highest BCUT2D eigenvalue weighted by Gasteiger charge is 2.29. The van der Waals surface area contributed by atoms with E-state index in [9.17, 15) is 4.79 Å². The van der Waals surface area contributed by atoms with Gasteiger partial charge in [0.05, 0.1) is 13.2 Å². The minimum absolute atomic E-state index is 0.215. The molecule has 1 aliphatic rings. The average Bonchev–Trinajstić information content (AvgIpc) is 2.43. The maximum atomic E-state index is 12.0. The van der Waals surface area contributed by atoms with E-state index in [0.29, 0.717) is 19.0 Å². The first-order chi connectivity index (χ1) is 9.21. The molecule has 2 atom stereocenters. The quantitative estimate of drug-likeness (QED) is 0.643. The second kappa shape index (κ2) is 9.45. The van der Waals surface area contributed by atoms with Crippen molar-refractivity contribution in [3.05, 3.63) is 0 Å². The summed E-state index contributed by atoms with van der Waals surface area (Å²) < 4.78 is 10.3. The highest BCUT2D eigenvalue weighted by Crippen LogP contribution is 2.29. The highest BCUT2D eigenvalue weighted by atomic mass is 16.5. The van der Waals surface area contributed by atoms with Crippen LogP contribution in [0.5, 0.6) is 0 Å². The number of ketones is 1. The molecule has 0 aromatic rings. The number of methoxy groups -OCH3 is 2. The second-order valence-corrected chi connectivity index (χ2v) is 5.50. The molecule has 0 aliphatic heterocycles. The number of carbonyl (C=O) groups excluding carboxylic acids is 1. The molecule has 0 bridgehead atoms. The van der Waals surface area contributed by atoms with Crippen LogP contribution >= 0.6 is 0 Å². The van der Waals surface area contributed by atoms with E-state index in [4.69, 9.17) is 9.47 Å².